The SMILES string of the molecule is CC(=O)N[C@@H](CO)[C@@H](O)[C@H](O[C@@H]1O[C@@H]([C@@H](O)CO)[C@H](O)[C@H]1O)[C@H](O)CO. The molecule has 0 saturated carbocycles. The van der Waals surface area contributed by atoms with Crippen LogP contribution in [0.4, 0.5) is 0 Å². The molecule has 26 heavy (non-hydrogen) atoms. The molecule has 1 aliphatic heterocycles. The molecule has 0 unspecified atom stereocenters. The number of nitrogens with one attached hydrogen (secondary N) is 1. The second-order valence-electron chi connectivity index (χ2n) is 6.03. The predicted octanol–water partition coefficient (Wildman–Crippen LogP) is -5.62. The van der Waals surface area contributed by atoms with Gasteiger partial charge in [0.15, 0.2) is 6.29 Å². The number of hydrogen-bond donors (Lipinski definition) is 9. The summed E-state index contributed by atoms with van der Waals surface area (Å²) < 4.78 is 10.4. The maximum absolute atomic E-state index is 11.1. The van der Waals surface area contributed by atoms with Gasteiger partial charge in [0, 0.05) is 6.92 Å². The van der Waals surface area contributed by atoms with Crippen LogP contribution in [0.2, 0.25) is 0 Å². The average Bonchev–Trinajstić information content (AvgIpc) is 2.90. The lowest BCUT2D eigenvalue weighted by molar-refractivity contribution is -0.241. The fraction of sp³-hybridized carbons (Fsp3) is 0.929. The van der Waals surface area contributed by atoms with Crippen molar-refractivity contribution in [1.29, 1.82) is 0 Å². The highest BCUT2D eigenvalue weighted by atomic mass is 16.7. The monoisotopic (exact) mass is 385 g/mol. The maximum Gasteiger partial charge on any atom is 0.217 e. The first-order valence-electron chi connectivity index (χ1n) is 7.98. The first kappa shape index (κ1) is 23.1. The first-order valence-corrected chi connectivity index (χ1v) is 7.98. The summed E-state index contributed by atoms with van der Waals surface area (Å²) in [6, 6.07) is -1.26. The highest BCUT2D eigenvalue weighted by Crippen LogP contribution is 2.27. The van der Waals surface area contributed by atoms with Crippen LogP contribution in [0.15, 0.2) is 0 Å². The summed E-state index contributed by atoms with van der Waals surface area (Å²) in [6.07, 6.45) is -12.9. The summed E-state index contributed by atoms with van der Waals surface area (Å²) >= 11 is 0. The van der Waals surface area contributed by atoms with E-state index in [1.807, 2.05) is 0 Å². The highest BCUT2D eigenvalue weighted by Gasteiger charge is 2.49. The fourth-order valence-corrected chi connectivity index (χ4v) is 2.59. The van der Waals surface area contributed by atoms with E-state index in [2.05, 4.69) is 5.32 Å². The van der Waals surface area contributed by atoms with Gasteiger partial charge in [-0.15, -0.1) is 0 Å². The van der Waals surface area contributed by atoms with E-state index in [9.17, 15) is 35.4 Å². The van der Waals surface area contributed by atoms with Gasteiger partial charge in [-0.2, -0.15) is 0 Å². The van der Waals surface area contributed by atoms with Gasteiger partial charge < -0.3 is 55.6 Å². The Balaban J connectivity index is 2.92. The van der Waals surface area contributed by atoms with Gasteiger partial charge >= 0.3 is 0 Å². The van der Waals surface area contributed by atoms with Crippen LogP contribution in [-0.2, 0) is 14.3 Å². The van der Waals surface area contributed by atoms with Crippen LogP contribution in [0.25, 0.3) is 0 Å². The number of rotatable bonds is 10. The van der Waals surface area contributed by atoms with E-state index in [4.69, 9.17) is 19.7 Å². The molecule has 0 bridgehead atoms. The number of aliphatic hydroxyl groups is 8. The molecule has 0 radical (unpaired) electrons. The van der Waals surface area contributed by atoms with E-state index in [-0.39, 0.29) is 0 Å². The van der Waals surface area contributed by atoms with Crippen molar-refractivity contribution in [3.05, 3.63) is 0 Å². The normalized spacial score (nSPS) is 31.9. The lowest BCUT2D eigenvalue weighted by atomic mass is 10.0. The van der Waals surface area contributed by atoms with E-state index in [1.165, 1.54) is 0 Å². The third kappa shape index (κ3) is 5.53. The van der Waals surface area contributed by atoms with Gasteiger partial charge in [0.25, 0.3) is 0 Å². The Bertz CT molecular complexity index is 439. The van der Waals surface area contributed by atoms with Gasteiger partial charge in [-0.3, -0.25) is 4.79 Å². The molecule has 154 valence electrons. The lowest BCUT2D eigenvalue weighted by Gasteiger charge is -2.33. The number of amides is 1. The Morgan fingerprint density at radius 3 is 2.15 bits per heavy atom. The van der Waals surface area contributed by atoms with Crippen LogP contribution in [0.3, 0.4) is 0 Å². The predicted molar refractivity (Wildman–Crippen MR) is 82.4 cm³/mol. The second kappa shape index (κ2) is 10.4. The molecule has 1 rings (SSSR count). The molecule has 0 aromatic heterocycles. The zero-order valence-electron chi connectivity index (χ0n) is 14.1. The van der Waals surface area contributed by atoms with Crippen LogP contribution in [0.5, 0.6) is 0 Å². The summed E-state index contributed by atoms with van der Waals surface area (Å²) in [6.45, 7) is -1.22. The van der Waals surface area contributed by atoms with Crippen molar-refractivity contribution in [2.75, 3.05) is 19.8 Å². The average molecular weight is 385 g/mol. The minimum atomic E-state index is -1.72. The van der Waals surface area contributed by atoms with E-state index in [0.29, 0.717) is 0 Å². The van der Waals surface area contributed by atoms with Crippen molar-refractivity contribution < 1.29 is 55.1 Å². The van der Waals surface area contributed by atoms with E-state index < -0.39 is 80.8 Å². The van der Waals surface area contributed by atoms with Gasteiger partial charge in [0.1, 0.15) is 42.7 Å². The topological polar surface area (TPSA) is 209 Å². The van der Waals surface area contributed by atoms with Crippen molar-refractivity contribution >= 4 is 5.91 Å². The van der Waals surface area contributed by atoms with Crippen molar-refractivity contribution in [1.82, 2.24) is 5.32 Å². The van der Waals surface area contributed by atoms with Crippen molar-refractivity contribution in [2.24, 2.45) is 0 Å². The molecule has 1 heterocycles. The summed E-state index contributed by atoms with van der Waals surface area (Å²) in [5.41, 5.74) is 0. The maximum atomic E-state index is 11.1. The van der Waals surface area contributed by atoms with Crippen LogP contribution >= 0.6 is 0 Å². The molecule has 1 aliphatic rings. The highest BCUT2D eigenvalue weighted by molar-refractivity contribution is 5.73. The zero-order valence-corrected chi connectivity index (χ0v) is 14.1. The van der Waals surface area contributed by atoms with Crippen LogP contribution in [0.1, 0.15) is 6.92 Å². The van der Waals surface area contributed by atoms with Crippen molar-refractivity contribution in [3.8, 4) is 0 Å². The van der Waals surface area contributed by atoms with Crippen molar-refractivity contribution in [2.45, 2.75) is 62.0 Å². The first-order chi connectivity index (χ1) is 12.2. The molecule has 0 aromatic rings. The summed E-state index contributed by atoms with van der Waals surface area (Å²) in [7, 11) is 0. The Hall–Kier alpha value is -0.930. The molecule has 0 aromatic carbocycles. The number of aliphatic hydroxyl groups excluding tert-OH is 8. The smallest absolute Gasteiger partial charge is 0.217 e. The fourth-order valence-electron chi connectivity index (χ4n) is 2.59. The summed E-state index contributed by atoms with van der Waals surface area (Å²) in [5, 5.41) is 79.2. The molecule has 12 nitrogen and oxygen atoms in total. The third-order valence-electron chi connectivity index (χ3n) is 4.01. The quantitative estimate of drug-likeness (QED) is 0.173. The molecule has 0 aliphatic carbocycles. The van der Waals surface area contributed by atoms with Crippen molar-refractivity contribution in [3.63, 3.8) is 0 Å². The van der Waals surface area contributed by atoms with Crippen LogP contribution in [0, 0.1) is 0 Å². The molecule has 1 amide bonds. The molecule has 1 fully saturated rings. The Morgan fingerprint density at radius 2 is 1.69 bits per heavy atom. The molecule has 1 saturated heterocycles. The number of hydrogen-bond acceptors (Lipinski definition) is 11. The Kier molecular flexibility index (Phi) is 9.26. The van der Waals surface area contributed by atoms with E-state index in [1.54, 1.807) is 0 Å². The third-order valence-corrected chi connectivity index (χ3v) is 4.01. The molecule has 9 N–H and O–H groups in total. The second-order valence-corrected chi connectivity index (χ2v) is 6.03. The van der Waals surface area contributed by atoms with Gasteiger partial charge in [-0.25, -0.2) is 0 Å². The minimum absolute atomic E-state index is 0.584. The van der Waals surface area contributed by atoms with E-state index >= 15 is 0 Å². The zero-order chi connectivity index (χ0) is 20.0. The van der Waals surface area contributed by atoms with E-state index in [0.717, 1.165) is 6.92 Å². The van der Waals surface area contributed by atoms with Crippen LogP contribution < -0.4 is 5.32 Å². The molecular formula is C14H27NO11. The standard InChI is InChI=1S/C14H27NO11/c1-5(19)15-6(2-16)9(22)12(7(20)3-17)25-14-11(24)10(23)13(26-14)8(21)4-18/h6-14,16-18,20-24H,2-4H2,1H3,(H,15,19)/t6-,7+,8-,9+,10+,11+,12+,13-,14+/m0/s1. The number of carbonyl (C=O) groups is 1. The summed E-state index contributed by atoms with van der Waals surface area (Å²) in [4.78, 5) is 11.1. The molecular weight excluding hydrogens is 358 g/mol. The van der Waals surface area contributed by atoms with Gasteiger partial charge in [0.2, 0.25) is 5.91 Å². The van der Waals surface area contributed by atoms with Gasteiger partial charge in [-0.05, 0) is 0 Å². The van der Waals surface area contributed by atoms with Crippen LogP contribution in [-0.4, -0.2) is 122 Å². The molecule has 0 spiro atoms. The lowest BCUT2D eigenvalue weighted by Crippen LogP contribution is -2.56. The van der Waals surface area contributed by atoms with Gasteiger partial charge in [0.05, 0.1) is 25.9 Å². The molecule has 9 atom stereocenters. The minimum Gasteiger partial charge on any atom is -0.394 e. The largest absolute Gasteiger partial charge is 0.394 e. The number of carbonyl (C=O) groups excluding carboxylic acids is 1. The Morgan fingerprint density at radius 1 is 1.08 bits per heavy atom. The number of ether oxygens (including phenoxy) is 2. The Labute approximate surface area is 149 Å². The summed E-state index contributed by atoms with van der Waals surface area (Å²) in [5.74, 6) is -0.584. The molecule has 12 heteroatoms. The van der Waals surface area contributed by atoms with Gasteiger partial charge in [-0.1, -0.05) is 0 Å².